The second-order valence-electron chi connectivity index (χ2n) is 5.57. The number of pyridine rings is 1. The van der Waals surface area contributed by atoms with E-state index in [4.69, 9.17) is 4.74 Å². The highest BCUT2D eigenvalue weighted by Gasteiger charge is 2.18. The second-order valence-corrected chi connectivity index (χ2v) is 5.57. The van der Waals surface area contributed by atoms with Crippen LogP contribution in [0, 0.1) is 24.0 Å². The fraction of sp³-hybridized carbons (Fsp3) is 0.667. The number of aromatic nitrogens is 1. The third-order valence-corrected chi connectivity index (χ3v) is 3.97. The molecule has 0 bridgehead atoms. The standard InChI is InChI=1S/C15H23N3O3/c1-11-9-17-14(12(2)15(11)18(19)20)10-16-7-6-13-5-3-4-8-21-13/h9,13,16H,3-8,10H2,1-2H3. The van der Waals surface area contributed by atoms with E-state index in [2.05, 4.69) is 10.3 Å². The molecule has 0 amide bonds. The van der Waals surface area contributed by atoms with Gasteiger partial charge in [-0.25, -0.2) is 0 Å². The van der Waals surface area contributed by atoms with Gasteiger partial charge in [0.2, 0.25) is 0 Å². The number of nitrogens with one attached hydrogen (secondary N) is 1. The number of aryl methyl sites for hydroxylation is 1. The minimum Gasteiger partial charge on any atom is -0.378 e. The van der Waals surface area contributed by atoms with Crippen molar-refractivity contribution in [2.75, 3.05) is 13.2 Å². The molecule has 1 atom stereocenters. The molecule has 0 saturated carbocycles. The van der Waals surface area contributed by atoms with Crippen LogP contribution in [0.1, 0.15) is 42.5 Å². The van der Waals surface area contributed by atoms with E-state index >= 15 is 0 Å². The predicted molar refractivity (Wildman–Crippen MR) is 80.3 cm³/mol. The first kappa shape index (κ1) is 15.9. The van der Waals surface area contributed by atoms with Crippen molar-refractivity contribution in [3.63, 3.8) is 0 Å². The summed E-state index contributed by atoms with van der Waals surface area (Å²) in [7, 11) is 0. The first-order valence-electron chi connectivity index (χ1n) is 7.51. The van der Waals surface area contributed by atoms with Gasteiger partial charge < -0.3 is 10.1 Å². The maximum Gasteiger partial charge on any atom is 0.278 e. The topological polar surface area (TPSA) is 77.3 Å². The Morgan fingerprint density at radius 3 is 2.95 bits per heavy atom. The normalized spacial score (nSPS) is 18.7. The molecule has 1 fully saturated rings. The van der Waals surface area contributed by atoms with E-state index in [0.29, 0.717) is 23.8 Å². The molecule has 1 aliphatic heterocycles. The zero-order chi connectivity index (χ0) is 15.2. The number of nitrogens with zero attached hydrogens (tertiary/aromatic N) is 2. The smallest absolute Gasteiger partial charge is 0.278 e. The van der Waals surface area contributed by atoms with Gasteiger partial charge in [0.25, 0.3) is 5.69 Å². The van der Waals surface area contributed by atoms with E-state index in [9.17, 15) is 10.1 Å². The molecule has 2 heterocycles. The molecule has 6 nitrogen and oxygen atoms in total. The van der Waals surface area contributed by atoms with Crippen molar-refractivity contribution in [2.45, 2.75) is 52.2 Å². The Labute approximate surface area is 125 Å². The average molecular weight is 293 g/mol. The lowest BCUT2D eigenvalue weighted by atomic mass is 10.1. The Bertz CT molecular complexity index is 499. The summed E-state index contributed by atoms with van der Waals surface area (Å²) in [6.45, 7) is 5.75. The lowest BCUT2D eigenvalue weighted by Crippen LogP contribution is -2.25. The summed E-state index contributed by atoms with van der Waals surface area (Å²) in [6.07, 6.45) is 6.46. The SMILES string of the molecule is Cc1cnc(CNCCC2CCCCO2)c(C)c1[N+](=O)[O-]. The third kappa shape index (κ3) is 4.22. The van der Waals surface area contributed by atoms with Crippen LogP contribution in [0.15, 0.2) is 6.20 Å². The maximum atomic E-state index is 11.1. The fourth-order valence-corrected chi connectivity index (χ4v) is 2.73. The molecule has 1 unspecified atom stereocenters. The Kier molecular flexibility index (Phi) is 5.64. The molecule has 0 aliphatic carbocycles. The van der Waals surface area contributed by atoms with Crippen LogP contribution in [0.25, 0.3) is 0 Å². The van der Waals surface area contributed by atoms with Crippen molar-refractivity contribution in [3.8, 4) is 0 Å². The van der Waals surface area contributed by atoms with Crippen molar-refractivity contribution >= 4 is 5.69 Å². The highest BCUT2D eigenvalue weighted by molar-refractivity contribution is 5.47. The molecule has 0 spiro atoms. The molecule has 116 valence electrons. The van der Waals surface area contributed by atoms with Gasteiger partial charge in [0.15, 0.2) is 0 Å². The molecule has 1 aromatic heterocycles. The maximum absolute atomic E-state index is 11.1. The summed E-state index contributed by atoms with van der Waals surface area (Å²) < 4.78 is 5.68. The zero-order valence-corrected chi connectivity index (χ0v) is 12.7. The fourth-order valence-electron chi connectivity index (χ4n) is 2.73. The summed E-state index contributed by atoms with van der Waals surface area (Å²) in [5.41, 5.74) is 2.19. The van der Waals surface area contributed by atoms with Gasteiger partial charge in [-0.2, -0.15) is 0 Å². The van der Waals surface area contributed by atoms with Gasteiger partial charge in [0, 0.05) is 30.5 Å². The monoisotopic (exact) mass is 293 g/mol. The second kappa shape index (κ2) is 7.47. The predicted octanol–water partition coefficient (Wildman–Crippen LogP) is 2.66. The zero-order valence-electron chi connectivity index (χ0n) is 12.7. The highest BCUT2D eigenvalue weighted by atomic mass is 16.6. The van der Waals surface area contributed by atoms with Gasteiger partial charge in [-0.1, -0.05) is 0 Å². The van der Waals surface area contributed by atoms with Gasteiger partial charge in [-0.15, -0.1) is 0 Å². The van der Waals surface area contributed by atoms with Crippen LogP contribution in [0.2, 0.25) is 0 Å². The quantitative estimate of drug-likeness (QED) is 0.495. The van der Waals surface area contributed by atoms with Gasteiger partial charge in [-0.05, 0) is 46.1 Å². The molecule has 2 rings (SSSR count). The molecule has 1 N–H and O–H groups in total. The van der Waals surface area contributed by atoms with E-state index < -0.39 is 0 Å². The van der Waals surface area contributed by atoms with E-state index in [-0.39, 0.29) is 10.6 Å². The van der Waals surface area contributed by atoms with Gasteiger partial charge in [-0.3, -0.25) is 15.1 Å². The van der Waals surface area contributed by atoms with Crippen LogP contribution in [-0.4, -0.2) is 29.2 Å². The van der Waals surface area contributed by atoms with Crippen molar-refractivity contribution < 1.29 is 9.66 Å². The van der Waals surface area contributed by atoms with E-state index in [1.54, 1.807) is 20.0 Å². The Morgan fingerprint density at radius 2 is 2.29 bits per heavy atom. The third-order valence-electron chi connectivity index (χ3n) is 3.97. The number of nitro groups is 1. The molecule has 6 heteroatoms. The summed E-state index contributed by atoms with van der Waals surface area (Å²) in [5, 5.41) is 14.4. The Hall–Kier alpha value is -1.53. The van der Waals surface area contributed by atoms with E-state index in [0.717, 1.165) is 31.7 Å². The highest BCUT2D eigenvalue weighted by Crippen LogP contribution is 2.23. The summed E-state index contributed by atoms with van der Waals surface area (Å²) in [6, 6.07) is 0. The number of hydrogen-bond donors (Lipinski definition) is 1. The minimum atomic E-state index is -0.328. The molecule has 0 radical (unpaired) electrons. The molecular weight excluding hydrogens is 270 g/mol. The van der Waals surface area contributed by atoms with Crippen LogP contribution in [-0.2, 0) is 11.3 Å². The Morgan fingerprint density at radius 1 is 1.48 bits per heavy atom. The lowest BCUT2D eigenvalue weighted by Gasteiger charge is -2.22. The van der Waals surface area contributed by atoms with Gasteiger partial charge >= 0.3 is 0 Å². The summed E-state index contributed by atoms with van der Waals surface area (Å²) in [4.78, 5) is 15.1. The number of hydrogen-bond acceptors (Lipinski definition) is 5. The molecular formula is C15H23N3O3. The van der Waals surface area contributed by atoms with Crippen molar-refractivity contribution in [2.24, 2.45) is 0 Å². The summed E-state index contributed by atoms with van der Waals surface area (Å²) in [5.74, 6) is 0. The van der Waals surface area contributed by atoms with Crippen LogP contribution >= 0.6 is 0 Å². The van der Waals surface area contributed by atoms with Crippen LogP contribution in [0.3, 0.4) is 0 Å². The van der Waals surface area contributed by atoms with E-state index in [1.807, 2.05) is 0 Å². The molecule has 1 aliphatic rings. The number of ether oxygens (including phenoxy) is 1. The van der Waals surface area contributed by atoms with Crippen LogP contribution in [0.5, 0.6) is 0 Å². The minimum absolute atomic E-state index is 0.178. The first-order chi connectivity index (χ1) is 10.1. The lowest BCUT2D eigenvalue weighted by molar-refractivity contribution is -0.386. The molecule has 1 aromatic rings. The first-order valence-corrected chi connectivity index (χ1v) is 7.51. The van der Waals surface area contributed by atoms with Crippen molar-refractivity contribution in [1.82, 2.24) is 10.3 Å². The van der Waals surface area contributed by atoms with Crippen molar-refractivity contribution in [3.05, 3.63) is 33.1 Å². The summed E-state index contributed by atoms with van der Waals surface area (Å²) >= 11 is 0. The Balaban J connectivity index is 1.85. The van der Waals surface area contributed by atoms with Gasteiger partial charge in [0.1, 0.15) is 0 Å². The van der Waals surface area contributed by atoms with Crippen LogP contribution in [0.4, 0.5) is 5.69 Å². The molecule has 1 saturated heterocycles. The largest absolute Gasteiger partial charge is 0.378 e. The van der Waals surface area contributed by atoms with E-state index in [1.165, 1.54) is 12.8 Å². The molecule has 0 aromatic carbocycles. The van der Waals surface area contributed by atoms with Crippen molar-refractivity contribution in [1.29, 1.82) is 0 Å². The average Bonchev–Trinajstić information content (AvgIpc) is 2.46. The van der Waals surface area contributed by atoms with Crippen LogP contribution < -0.4 is 5.32 Å². The molecule has 21 heavy (non-hydrogen) atoms. The number of rotatable bonds is 6. The van der Waals surface area contributed by atoms with Gasteiger partial charge in [0.05, 0.1) is 16.7 Å².